The molecule has 1 amide bonds. The Hall–Kier alpha value is -1.73. The summed E-state index contributed by atoms with van der Waals surface area (Å²) in [5.41, 5.74) is -3.62. The van der Waals surface area contributed by atoms with E-state index >= 15 is 0 Å². The highest BCUT2D eigenvalue weighted by Gasteiger charge is 2.79. The lowest BCUT2D eigenvalue weighted by molar-refractivity contribution is -0.296. The van der Waals surface area contributed by atoms with Crippen LogP contribution in [0.25, 0.3) is 0 Å². The Bertz CT molecular complexity index is 810. The van der Waals surface area contributed by atoms with Crippen LogP contribution in [-0.4, -0.2) is 73.9 Å². The van der Waals surface area contributed by atoms with Crippen LogP contribution in [0.1, 0.15) is 0 Å². The third-order valence-electron chi connectivity index (χ3n) is 2.45. The fourth-order valence-electron chi connectivity index (χ4n) is 1.04. The molecule has 0 aliphatic carbocycles. The first-order valence-corrected chi connectivity index (χ1v) is 9.09. The summed E-state index contributed by atoms with van der Waals surface area (Å²) in [6.45, 7) is -2.33. The molecule has 0 aromatic rings. The Morgan fingerprint density at radius 1 is 1.07 bits per heavy atom. The molecule has 27 heavy (non-hydrogen) atoms. The van der Waals surface area contributed by atoms with E-state index in [0.717, 1.165) is 0 Å². The molecule has 0 radical (unpaired) electrons. The standard InChI is InChI=1S/C8H7F7NO9S2/c1-26(20,21)16(19)4(17)6(10,11)8(14,15)7(12,13)5(18)25-2-3(9)27(22,23)24/h3H,2H2,1H3,(H,22,23,24)/q-1. The lowest BCUT2D eigenvalue weighted by Crippen LogP contribution is -2.64. The van der Waals surface area contributed by atoms with Crippen molar-refractivity contribution in [1.29, 1.82) is 0 Å². The van der Waals surface area contributed by atoms with Gasteiger partial charge in [-0.25, -0.2) is 17.6 Å². The van der Waals surface area contributed by atoms with E-state index in [9.17, 15) is 62.4 Å². The van der Waals surface area contributed by atoms with Crippen molar-refractivity contribution in [3.05, 3.63) is 5.21 Å². The quantitative estimate of drug-likeness (QED) is 0.227. The van der Waals surface area contributed by atoms with E-state index < -0.39 is 66.4 Å². The number of halogens is 7. The van der Waals surface area contributed by atoms with Gasteiger partial charge in [-0.2, -0.15) is 34.8 Å². The van der Waals surface area contributed by atoms with Gasteiger partial charge in [0.15, 0.2) is 0 Å². The van der Waals surface area contributed by atoms with Gasteiger partial charge in [0.25, 0.3) is 5.50 Å². The van der Waals surface area contributed by atoms with Gasteiger partial charge in [0.2, 0.25) is 10.0 Å². The van der Waals surface area contributed by atoms with Crippen LogP contribution in [-0.2, 0) is 34.5 Å². The zero-order valence-corrected chi connectivity index (χ0v) is 14.0. The number of rotatable bonds is 8. The van der Waals surface area contributed by atoms with Crippen molar-refractivity contribution in [2.45, 2.75) is 23.3 Å². The van der Waals surface area contributed by atoms with Crippen molar-refractivity contribution in [2.75, 3.05) is 12.9 Å². The molecule has 0 saturated heterocycles. The number of esters is 1. The van der Waals surface area contributed by atoms with E-state index in [1.807, 2.05) is 0 Å². The van der Waals surface area contributed by atoms with Gasteiger partial charge < -0.3 is 14.4 Å². The van der Waals surface area contributed by atoms with Crippen LogP contribution < -0.4 is 0 Å². The Morgan fingerprint density at radius 3 is 1.81 bits per heavy atom. The summed E-state index contributed by atoms with van der Waals surface area (Å²) in [6.07, 6.45) is -0.213. The zero-order chi connectivity index (χ0) is 22.2. The van der Waals surface area contributed by atoms with Gasteiger partial charge in [-0.15, -0.1) is 0 Å². The third kappa shape index (κ3) is 4.96. The SMILES string of the molecule is CS(=O)(=O)N([O-])C(=O)C(F)(F)C(F)(F)C(F)(F)C(=O)OCC(F)S(=O)(=O)O. The minimum Gasteiger partial charge on any atom is -0.742 e. The molecular weight excluding hydrogens is 451 g/mol. The number of amides is 1. The van der Waals surface area contributed by atoms with E-state index in [4.69, 9.17) is 4.55 Å². The van der Waals surface area contributed by atoms with Gasteiger partial charge in [0, 0.05) is 0 Å². The van der Waals surface area contributed by atoms with E-state index in [0.29, 0.717) is 0 Å². The van der Waals surface area contributed by atoms with Gasteiger partial charge >= 0.3 is 39.8 Å². The lowest BCUT2D eigenvalue weighted by Gasteiger charge is -2.35. The van der Waals surface area contributed by atoms with Crippen LogP contribution in [0.2, 0.25) is 0 Å². The van der Waals surface area contributed by atoms with Crippen molar-refractivity contribution in [3.8, 4) is 0 Å². The van der Waals surface area contributed by atoms with E-state index in [1.54, 1.807) is 0 Å². The van der Waals surface area contributed by atoms with Gasteiger partial charge in [0.1, 0.15) is 6.61 Å². The largest absolute Gasteiger partial charge is 0.742 e. The molecular formula is C8H7F7NO9S2-. The second-order valence-corrected chi connectivity index (χ2v) is 7.88. The third-order valence-corrected chi connectivity index (χ3v) is 4.00. The van der Waals surface area contributed by atoms with Crippen LogP contribution in [0.4, 0.5) is 30.7 Å². The number of alkyl halides is 7. The molecule has 0 aromatic carbocycles. The molecule has 1 unspecified atom stereocenters. The van der Waals surface area contributed by atoms with Gasteiger partial charge in [-0.1, -0.05) is 0 Å². The van der Waals surface area contributed by atoms with Crippen LogP contribution in [0, 0.1) is 5.21 Å². The Morgan fingerprint density at radius 2 is 1.48 bits per heavy atom. The average Bonchev–Trinajstić information content (AvgIpc) is 2.47. The Balaban J connectivity index is 5.75. The first-order chi connectivity index (χ1) is 11.6. The van der Waals surface area contributed by atoms with Crippen LogP contribution in [0.15, 0.2) is 0 Å². The number of carbonyl (C=O) groups excluding carboxylic acids is 2. The number of nitrogens with zero attached hydrogens (tertiary/aromatic N) is 1. The average molecular weight is 458 g/mol. The first kappa shape index (κ1) is 25.3. The summed E-state index contributed by atoms with van der Waals surface area (Å²) >= 11 is 0. The minimum atomic E-state index is -7.08. The van der Waals surface area contributed by atoms with Crippen LogP contribution >= 0.6 is 0 Å². The maximum atomic E-state index is 13.3. The summed E-state index contributed by atoms with van der Waals surface area (Å²) in [7, 11) is -11.1. The molecule has 10 nitrogen and oxygen atoms in total. The second kappa shape index (κ2) is 7.36. The molecule has 19 heteroatoms. The molecule has 0 spiro atoms. The van der Waals surface area contributed by atoms with Crippen molar-refractivity contribution in [3.63, 3.8) is 0 Å². The van der Waals surface area contributed by atoms with Crippen LogP contribution in [0.3, 0.4) is 0 Å². The smallest absolute Gasteiger partial charge is 0.411 e. The van der Waals surface area contributed by atoms with Crippen molar-refractivity contribution >= 4 is 32.0 Å². The molecule has 0 aliphatic rings. The Labute approximate surface area is 145 Å². The highest BCUT2D eigenvalue weighted by molar-refractivity contribution is 7.89. The van der Waals surface area contributed by atoms with E-state index in [-0.39, 0.29) is 6.26 Å². The van der Waals surface area contributed by atoms with Crippen molar-refractivity contribution < 1.29 is 66.4 Å². The zero-order valence-electron chi connectivity index (χ0n) is 12.4. The molecule has 0 bridgehead atoms. The topological polar surface area (TPSA) is 158 Å². The van der Waals surface area contributed by atoms with Gasteiger partial charge in [-0.05, 0) is 0 Å². The van der Waals surface area contributed by atoms with E-state index in [1.165, 1.54) is 0 Å². The molecule has 0 heterocycles. The molecule has 1 atom stereocenters. The summed E-state index contributed by atoms with van der Waals surface area (Å²) in [6, 6.07) is 0. The number of hydroxylamine groups is 1. The number of hydrogen-bond donors (Lipinski definition) is 1. The predicted molar refractivity (Wildman–Crippen MR) is 67.3 cm³/mol. The fraction of sp³-hybridized carbons (Fsp3) is 0.750. The summed E-state index contributed by atoms with van der Waals surface area (Å²) < 4.78 is 143. The maximum Gasteiger partial charge on any atom is 0.411 e. The molecule has 1 N–H and O–H groups in total. The second-order valence-electron chi connectivity index (χ2n) is 4.54. The minimum absolute atomic E-state index is 0.213. The number of hydrogen-bond acceptors (Lipinski definition) is 8. The lowest BCUT2D eigenvalue weighted by atomic mass is 10.0. The number of carbonyl (C=O) groups is 2. The summed E-state index contributed by atoms with van der Waals surface area (Å²) in [4.78, 5) is 21.7. The maximum absolute atomic E-state index is 13.3. The van der Waals surface area contributed by atoms with Crippen LogP contribution in [0.5, 0.6) is 0 Å². The molecule has 0 fully saturated rings. The van der Waals surface area contributed by atoms with Crippen molar-refractivity contribution in [1.82, 2.24) is 4.47 Å². The number of ether oxygens (including phenoxy) is 1. The molecule has 0 rings (SSSR count). The fourth-order valence-corrected chi connectivity index (χ4v) is 1.70. The monoisotopic (exact) mass is 458 g/mol. The highest BCUT2D eigenvalue weighted by Crippen LogP contribution is 2.47. The van der Waals surface area contributed by atoms with Crippen molar-refractivity contribution in [2.24, 2.45) is 0 Å². The normalized spacial score (nSPS) is 15.2. The predicted octanol–water partition coefficient (Wildman–Crippen LogP) is -0.0951. The first-order valence-electron chi connectivity index (χ1n) is 5.74. The van der Waals surface area contributed by atoms with E-state index in [2.05, 4.69) is 4.74 Å². The van der Waals surface area contributed by atoms with Gasteiger partial charge in [-0.3, -0.25) is 9.35 Å². The molecule has 0 saturated carbocycles. The summed E-state index contributed by atoms with van der Waals surface area (Å²) in [5.74, 6) is -28.1. The van der Waals surface area contributed by atoms with Gasteiger partial charge in [0.05, 0.1) is 6.26 Å². The number of sulfonamides is 1. The molecule has 0 aromatic heterocycles. The summed E-state index contributed by atoms with van der Waals surface area (Å²) in [5, 5.41) is 10.7. The Kier molecular flexibility index (Phi) is 6.88. The molecule has 160 valence electrons. The molecule has 0 aliphatic heterocycles. The highest BCUT2D eigenvalue weighted by atomic mass is 32.2.